The number of amidine groups is 1. The van der Waals surface area contributed by atoms with Crippen LogP contribution < -0.4 is 26.7 Å². The molecule has 10 nitrogen and oxygen atoms in total. The van der Waals surface area contributed by atoms with Gasteiger partial charge >= 0.3 is 13.7 Å². The maximum atomic E-state index is 13.5. The van der Waals surface area contributed by atoms with Crippen LogP contribution in [-0.4, -0.2) is 39.1 Å². The van der Waals surface area contributed by atoms with Crippen LogP contribution in [0.2, 0.25) is 0 Å². The molecule has 3 aromatic rings. The molecule has 37 heavy (non-hydrogen) atoms. The highest BCUT2D eigenvalue weighted by atomic mass is 31.2. The molecule has 5 N–H and O–H groups in total. The third kappa shape index (κ3) is 5.18. The molecule has 0 spiro atoms. The minimum atomic E-state index is -4.52. The number of nitrogens with one attached hydrogen (secondary N) is 1. The summed E-state index contributed by atoms with van der Waals surface area (Å²) in [4.78, 5) is 35.1. The molecule has 0 bridgehead atoms. The number of nitrogens with zero attached hydrogens (tertiary/aromatic N) is 2. The van der Waals surface area contributed by atoms with E-state index in [1.54, 1.807) is 12.1 Å². The number of hydrogen-bond donors (Lipinski definition) is 4. The van der Waals surface area contributed by atoms with Gasteiger partial charge in [0, 0.05) is 11.9 Å². The summed E-state index contributed by atoms with van der Waals surface area (Å²) in [6.45, 7) is 0.212. The first-order valence-corrected chi connectivity index (χ1v) is 12.6. The van der Waals surface area contributed by atoms with Crippen molar-refractivity contribution in [2.75, 3.05) is 11.9 Å². The lowest BCUT2D eigenvalue weighted by molar-refractivity contribution is -0.171. The van der Waals surface area contributed by atoms with Gasteiger partial charge in [-0.2, -0.15) is 17.9 Å². The van der Waals surface area contributed by atoms with Crippen LogP contribution in [0.5, 0.6) is 11.5 Å². The van der Waals surface area contributed by atoms with Crippen LogP contribution >= 0.6 is 7.52 Å². The van der Waals surface area contributed by atoms with Crippen molar-refractivity contribution in [1.82, 2.24) is 4.57 Å². The van der Waals surface area contributed by atoms with E-state index >= 15 is 0 Å². The predicted molar refractivity (Wildman–Crippen MR) is 130 cm³/mol. The minimum absolute atomic E-state index is 0.0713. The van der Waals surface area contributed by atoms with E-state index in [0.29, 0.717) is 0 Å². The summed E-state index contributed by atoms with van der Waals surface area (Å²) in [6.07, 6.45) is -4.87. The number of nitrogens with two attached hydrogens (primary N) is 1. The van der Waals surface area contributed by atoms with Gasteiger partial charge in [-0.25, -0.2) is 0 Å². The summed E-state index contributed by atoms with van der Waals surface area (Å²) >= 11 is 0. The van der Waals surface area contributed by atoms with Crippen LogP contribution in [0.3, 0.4) is 0 Å². The molecular weight excluding hydrogens is 516 g/mol. The number of amides is 1. The van der Waals surface area contributed by atoms with Gasteiger partial charge in [0.05, 0.1) is 22.4 Å². The van der Waals surface area contributed by atoms with E-state index in [9.17, 15) is 37.3 Å². The van der Waals surface area contributed by atoms with Gasteiger partial charge < -0.3 is 30.4 Å². The Labute approximate surface area is 207 Å². The predicted octanol–water partition coefficient (Wildman–Crippen LogP) is 2.84. The van der Waals surface area contributed by atoms with Crippen LogP contribution in [0.15, 0.2) is 52.0 Å². The number of aromatic nitrogens is 1. The third-order valence-electron chi connectivity index (χ3n) is 5.88. The zero-order chi connectivity index (χ0) is 27.1. The van der Waals surface area contributed by atoms with Crippen molar-refractivity contribution in [3.8, 4) is 11.5 Å². The molecule has 1 aromatic heterocycles. The molecule has 2 aromatic carbocycles. The Bertz CT molecular complexity index is 1540. The second-order valence-electron chi connectivity index (χ2n) is 8.48. The van der Waals surface area contributed by atoms with E-state index in [4.69, 9.17) is 10.5 Å². The molecule has 196 valence electrons. The van der Waals surface area contributed by atoms with Crippen molar-refractivity contribution in [3.05, 3.63) is 58.4 Å². The van der Waals surface area contributed by atoms with Crippen molar-refractivity contribution in [2.24, 2.45) is 16.4 Å². The van der Waals surface area contributed by atoms with Crippen molar-refractivity contribution in [1.29, 1.82) is 0 Å². The summed E-state index contributed by atoms with van der Waals surface area (Å²) in [6, 6.07) is 10.00. The molecule has 2 heterocycles. The Kier molecular flexibility index (Phi) is 6.78. The van der Waals surface area contributed by atoms with E-state index in [1.807, 2.05) is 0 Å². The third-order valence-corrected chi connectivity index (χ3v) is 7.35. The largest absolute Gasteiger partial charge is 0.506 e. The lowest BCUT2D eigenvalue weighted by Gasteiger charge is -2.24. The first-order valence-electron chi connectivity index (χ1n) is 11.0. The SMILES string of the molecule is CC(CCn1c(=O)c(C2=NP(=O)(O)c3cc(OCC(N)=O)ccc3N2)c(O)c2ccccc21)C(F)(F)F. The number of para-hydroxylation sites is 1. The van der Waals surface area contributed by atoms with Crippen LogP contribution in [-0.2, 0) is 15.9 Å². The number of anilines is 1. The maximum absolute atomic E-state index is 13.5. The molecule has 4 rings (SSSR count). The fourth-order valence-corrected chi connectivity index (χ4v) is 5.14. The van der Waals surface area contributed by atoms with Crippen molar-refractivity contribution in [3.63, 3.8) is 0 Å². The number of halogens is 3. The van der Waals surface area contributed by atoms with Gasteiger partial charge in [0.25, 0.3) is 11.5 Å². The van der Waals surface area contributed by atoms with Gasteiger partial charge in [-0.1, -0.05) is 19.1 Å². The summed E-state index contributed by atoms with van der Waals surface area (Å²) in [5.74, 6) is -3.35. The maximum Gasteiger partial charge on any atom is 0.391 e. The molecule has 0 aliphatic carbocycles. The number of alkyl halides is 3. The van der Waals surface area contributed by atoms with E-state index in [1.165, 1.54) is 30.3 Å². The molecule has 0 radical (unpaired) electrons. The van der Waals surface area contributed by atoms with Gasteiger partial charge in [0.1, 0.15) is 17.1 Å². The highest BCUT2D eigenvalue weighted by Gasteiger charge is 2.36. The fourth-order valence-electron chi connectivity index (χ4n) is 3.87. The second kappa shape index (κ2) is 9.56. The second-order valence-corrected chi connectivity index (χ2v) is 10.3. The number of rotatable bonds is 7. The quantitative estimate of drug-likeness (QED) is 0.337. The number of aryl methyl sites for hydroxylation is 1. The van der Waals surface area contributed by atoms with Crippen molar-refractivity contribution < 1.29 is 37.3 Å². The number of carbonyl (C=O) groups excluding carboxylic acids is 1. The summed E-state index contributed by atoms with van der Waals surface area (Å²) in [5, 5.41) is 13.7. The average Bonchev–Trinajstić information content (AvgIpc) is 2.81. The highest BCUT2D eigenvalue weighted by Crippen LogP contribution is 2.48. The fraction of sp³-hybridized carbons (Fsp3) is 0.261. The number of ether oxygens (including phenoxy) is 1. The van der Waals surface area contributed by atoms with E-state index < -0.39 is 61.3 Å². The number of pyridine rings is 1. The number of hydrogen-bond acceptors (Lipinski definition) is 6. The monoisotopic (exact) mass is 538 g/mol. The van der Waals surface area contributed by atoms with E-state index in [2.05, 4.69) is 10.1 Å². The zero-order valence-corrected chi connectivity index (χ0v) is 20.2. The number of benzene rings is 2. The molecule has 1 amide bonds. The normalized spacial score (nSPS) is 18.0. The lowest BCUT2D eigenvalue weighted by atomic mass is 10.1. The molecular formula is C23H22F3N4O6P. The first-order chi connectivity index (χ1) is 17.3. The Morgan fingerprint density at radius 3 is 2.65 bits per heavy atom. The number of fused-ring (bicyclic) bond motifs is 2. The molecule has 2 unspecified atom stereocenters. The molecule has 0 fully saturated rings. The van der Waals surface area contributed by atoms with Gasteiger partial charge in [-0.3, -0.25) is 14.2 Å². The zero-order valence-electron chi connectivity index (χ0n) is 19.3. The Hall–Kier alpha value is -3.83. The summed E-state index contributed by atoms with van der Waals surface area (Å²) in [7, 11) is -4.52. The van der Waals surface area contributed by atoms with Crippen LogP contribution in [0.25, 0.3) is 10.9 Å². The highest BCUT2D eigenvalue weighted by molar-refractivity contribution is 7.65. The number of aromatic hydroxyl groups is 1. The Morgan fingerprint density at radius 1 is 1.27 bits per heavy atom. The molecule has 2 atom stereocenters. The molecule has 0 saturated heterocycles. The Morgan fingerprint density at radius 2 is 1.97 bits per heavy atom. The Balaban J connectivity index is 1.81. The van der Waals surface area contributed by atoms with Crippen molar-refractivity contribution >= 4 is 41.2 Å². The van der Waals surface area contributed by atoms with E-state index in [0.717, 1.165) is 11.5 Å². The summed E-state index contributed by atoms with van der Waals surface area (Å²) in [5.41, 5.74) is 3.96. The van der Waals surface area contributed by atoms with Crippen LogP contribution in [0.1, 0.15) is 18.9 Å². The molecule has 0 saturated carbocycles. The number of primary amides is 1. The van der Waals surface area contributed by atoms with Gasteiger partial charge in [-0.15, -0.1) is 0 Å². The smallest absolute Gasteiger partial charge is 0.391 e. The molecule has 14 heteroatoms. The molecule has 1 aliphatic rings. The molecule has 1 aliphatic heterocycles. The first kappa shape index (κ1) is 26.2. The van der Waals surface area contributed by atoms with Gasteiger partial charge in [-0.05, 0) is 36.8 Å². The standard InChI is InChI=1S/C23H22F3N4O6P/c1-12(23(24,25)26)8-9-30-16-5-3-2-4-14(16)20(32)19(22(30)33)21-28-15-7-6-13(36-11-18(27)31)10-17(15)37(34,35)29-21/h2-7,10,12,32H,8-9,11H2,1H3,(H2,27,31)(H2,28,29,34,35). The lowest BCUT2D eigenvalue weighted by Crippen LogP contribution is -2.34. The van der Waals surface area contributed by atoms with Gasteiger partial charge in [0.15, 0.2) is 12.4 Å². The summed E-state index contributed by atoms with van der Waals surface area (Å²) < 4.78 is 62.4. The van der Waals surface area contributed by atoms with E-state index in [-0.39, 0.29) is 34.2 Å². The van der Waals surface area contributed by atoms with Gasteiger partial charge in [0.2, 0.25) is 0 Å². The van der Waals surface area contributed by atoms with Crippen molar-refractivity contribution in [2.45, 2.75) is 26.1 Å². The van der Waals surface area contributed by atoms with Crippen LogP contribution in [0, 0.1) is 5.92 Å². The topological polar surface area (TPSA) is 156 Å². The number of carbonyl (C=O) groups is 1. The minimum Gasteiger partial charge on any atom is -0.506 e. The average molecular weight is 538 g/mol. The van der Waals surface area contributed by atoms with Crippen LogP contribution in [0.4, 0.5) is 18.9 Å².